The van der Waals surface area contributed by atoms with Crippen molar-refractivity contribution in [1.29, 1.82) is 0 Å². The second-order valence-electron chi connectivity index (χ2n) is 7.27. The predicted molar refractivity (Wildman–Crippen MR) is 104 cm³/mol. The molecule has 0 spiro atoms. The highest BCUT2D eigenvalue weighted by Crippen LogP contribution is 2.29. The van der Waals surface area contributed by atoms with Gasteiger partial charge in [0.1, 0.15) is 5.82 Å². The van der Waals surface area contributed by atoms with E-state index < -0.39 is 0 Å². The fraction of sp³-hybridized carbons (Fsp3) is 0.429. The molecule has 0 radical (unpaired) electrons. The fourth-order valence-corrected chi connectivity index (χ4v) is 4.13. The molecule has 0 amide bonds. The van der Waals surface area contributed by atoms with Gasteiger partial charge in [-0.1, -0.05) is 18.2 Å². The summed E-state index contributed by atoms with van der Waals surface area (Å²) in [4.78, 5) is 11.6. The highest BCUT2D eigenvalue weighted by atomic mass is 16.3. The zero-order chi connectivity index (χ0) is 17.9. The molecule has 26 heavy (non-hydrogen) atoms. The summed E-state index contributed by atoms with van der Waals surface area (Å²) in [5, 5.41) is 10.4. The van der Waals surface area contributed by atoms with Gasteiger partial charge in [-0.2, -0.15) is 0 Å². The summed E-state index contributed by atoms with van der Waals surface area (Å²) in [7, 11) is 0. The van der Waals surface area contributed by atoms with Gasteiger partial charge in [0.2, 0.25) is 0 Å². The van der Waals surface area contributed by atoms with Crippen LogP contribution in [0.3, 0.4) is 0 Å². The molecule has 3 aromatic rings. The number of aryl methyl sites for hydroxylation is 1. The smallest absolute Gasteiger partial charge is 0.140 e. The van der Waals surface area contributed by atoms with Gasteiger partial charge in [-0.15, -0.1) is 0 Å². The average molecular weight is 350 g/mol. The number of imidazole rings is 1. The van der Waals surface area contributed by atoms with Crippen LogP contribution in [-0.2, 0) is 6.54 Å². The summed E-state index contributed by atoms with van der Waals surface area (Å²) in [6.45, 7) is 6.24. The summed E-state index contributed by atoms with van der Waals surface area (Å²) in [5.74, 6) is 1.61. The number of β-amino-alcohol motifs (C(OH)–C–C–N with tert-alkyl or cyclic N) is 1. The highest BCUT2D eigenvalue weighted by molar-refractivity contribution is 5.94. The number of aromatic nitrogens is 3. The molecule has 0 bridgehead atoms. The van der Waals surface area contributed by atoms with Crippen molar-refractivity contribution in [2.75, 3.05) is 26.2 Å². The lowest BCUT2D eigenvalue weighted by molar-refractivity contribution is 0.132. The average Bonchev–Trinajstić information content (AvgIpc) is 3.11. The van der Waals surface area contributed by atoms with Crippen molar-refractivity contribution in [3.63, 3.8) is 0 Å². The van der Waals surface area contributed by atoms with E-state index in [1.54, 1.807) is 0 Å². The van der Waals surface area contributed by atoms with Crippen molar-refractivity contribution in [1.82, 2.24) is 19.4 Å². The number of nitrogens with zero attached hydrogens (tertiary/aromatic N) is 4. The molecular formula is C21H26N4O. The van der Waals surface area contributed by atoms with Crippen molar-refractivity contribution in [3.8, 4) is 11.4 Å². The first-order valence-electron chi connectivity index (χ1n) is 9.45. The summed E-state index contributed by atoms with van der Waals surface area (Å²) in [6, 6.07) is 8.42. The van der Waals surface area contributed by atoms with Gasteiger partial charge < -0.3 is 14.6 Å². The Kier molecular flexibility index (Phi) is 5.00. The summed E-state index contributed by atoms with van der Waals surface area (Å²) in [6.07, 6.45) is 8.26. The molecule has 0 aliphatic carbocycles. The largest absolute Gasteiger partial charge is 0.395 e. The molecule has 1 saturated heterocycles. The minimum atomic E-state index is 0.241. The van der Waals surface area contributed by atoms with Gasteiger partial charge in [0.05, 0.1) is 12.1 Å². The van der Waals surface area contributed by atoms with Gasteiger partial charge in [0.15, 0.2) is 0 Å². The molecule has 4 rings (SSSR count). The van der Waals surface area contributed by atoms with Gasteiger partial charge >= 0.3 is 0 Å². The van der Waals surface area contributed by atoms with Crippen LogP contribution in [0.15, 0.2) is 42.9 Å². The number of piperidine rings is 1. The number of hydrogen-bond donors (Lipinski definition) is 1. The first-order chi connectivity index (χ1) is 12.8. The second-order valence-corrected chi connectivity index (χ2v) is 7.27. The Hall–Kier alpha value is -2.24. The molecule has 1 N–H and O–H groups in total. The Morgan fingerprint density at radius 3 is 3.00 bits per heavy atom. The van der Waals surface area contributed by atoms with Crippen LogP contribution in [0, 0.1) is 12.8 Å². The monoisotopic (exact) mass is 350 g/mol. The molecule has 1 aromatic carbocycles. The summed E-state index contributed by atoms with van der Waals surface area (Å²) >= 11 is 0. The molecule has 1 fully saturated rings. The minimum absolute atomic E-state index is 0.241. The van der Waals surface area contributed by atoms with Crippen molar-refractivity contribution in [2.45, 2.75) is 26.3 Å². The van der Waals surface area contributed by atoms with Crippen LogP contribution in [0.4, 0.5) is 0 Å². The molecule has 1 aliphatic heterocycles. The Labute approximate surface area is 154 Å². The van der Waals surface area contributed by atoms with Gasteiger partial charge in [-0.3, -0.25) is 4.98 Å². The van der Waals surface area contributed by atoms with Crippen LogP contribution in [0.2, 0.25) is 0 Å². The van der Waals surface area contributed by atoms with E-state index in [0.29, 0.717) is 5.92 Å². The molecule has 0 saturated carbocycles. The number of hydrogen-bond acceptors (Lipinski definition) is 4. The lowest BCUT2D eigenvalue weighted by atomic mass is 9.97. The number of benzene rings is 1. The van der Waals surface area contributed by atoms with Crippen LogP contribution in [0.1, 0.15) is 18.4 Å². The van der Waals surface area contributed by atoms with Crippen molar-refractivity contribution < 1.29 is 5.11 Å². The van der Waals surface area contributed by atoms with E-state index >= 15 is 0 Å². The Bertz CT molecular complexity index is 887. The van der Waals surface area contributed by atoms with E-state index in [0.717, 1.165) is 48.5 Å². The molecule has 3 heterocycles. The summed E-state index contributed by atoms with van der Waals surface area (Å²) < 4.78 is 2.28. The van der Waals surface area contributed by atoms with Crippen molar-refractivity contribution in [2.24, 2.45) is 5.92 Å². The summed E-state index contributed by atoms with van der Waals surface area (Å²) in [5.41, 5.74) is 3.38. The zero-order valence-electron chi connectivity index (χ0n) is 15.3. The second kappa shape index (κ2) is 7.56. The van der Waals surface area contributed by atoms with E-state index in [1.165, 1.54) is 18.4 Å². The minimum Gasteiger partial charge on any atom is -0.395 e. The number of fused-ring (bicyclic) bond motifs is 1. The zero-order valence-corrected chi connectivity index (χ0v) is 15.3. The molecule has 136 valence electrons. The lowest BCUT2D eigenvalue weighted by Crippen LogP contribution is -2.38. The highest BCUT2D eigenvalue weighted by Gasteiger charge is 2.21. The number of aliphatic hydroxyl groups is 1. The third kappa shape index (κ3) is 3.37. The number of pyridine rings is 1. The quantitative estimate of drug-likeness (QED) is 0.768. The Morgan fingerprint density at radius 2 is 2.12 bits per heavy atom. The standard InChI is InChI=1S/C21H26N4O/c1-16-6-7-19(18-5-2-8-22-20(16)18)21-23-9-11-25(21)15-17-4-3-10-24(14-17)12-13-26/h2,5-9,11,17,26H,3-4,10,12-15H2,1H3/t17-/m1/s1. The fourth-order valence-electron chi connectivity index (χ4n) is 4.13. The number of aliphatic hydroxyl groups excluding tert-OH is 1. The maximum absolute atomic E-state index is 9.21. The van der Waals surface area contributed by atoms with Gasteiger partial charge in [0, 0.05) is 49.2 Å². The molecular weight excluding hydrogens is 324 g/mol. The van der Waals surface area contributed by atoms with Gasteiger partial charge in [0.25, 0.3) is 0 Å². The van der Waals surface area contributed by atoms with Crippen LogP contribution in [-0.4, -0.2) is 50.8 Å². The third-order valence-electron chi connectivity index (χ3n) is 5.40. The Morgan fingerprint density at radius 1 is 1.19 bits per heavy atom. The first-order valence-corrected chi connectivity index (χ1v) is 9.45. The number of rotatable bonds is 5. The van der Waals surface area contributed by atoms with E-state index in [-0.39, 0.29) is 6.61 Å². The van der Waals surface area contributed by atoms with Crippen molar-refractivity contribution >= 4 is 10.9 Å². The van der Waals surface area contributed by atoms with Crippen LogP contribution < -0.4 is 0 Å². The topological polar surface area (TPSA) is 54.2 Å². The van der Waals surface area contributed by atoms with E-state index in [2.05, 4.69) is 50.8 Å². The third-order valence-corrected chi connectivity index (χ3v) is 5.40. The number of likely N-dealkylation sites (tertiary alicyclic amines) is 1. The molecule has 0 unspecified atom stereocenters. The van der Waals surface area contributed by atoms with Crippen LogP contribution in [0.5, 0.6) is 0 Å². The van der Waals surface area contributed by atoms with Gasteiger partial charge in [-0.05, 0) is 43.9 Å². The normalized spacial score (nSPS) is 18.5. The molecule has 5 heteroatoms. The van der Waals surface area contributed by atoms with E-state index in [1.807, 2.05) is 18.5 Å². The van der Waals surface area contributed by atoms with Crippen LogP contribution in [0.25, 0.3) is 22.3 Å². The van der Waals surface area contributed by atoms with Crippen LogP contribution >= 0.6 is 0 Å². The van der Waals surface area contributed by atoms with E-state index in [9.17, 15) is 5.11 Å². The Balaban J connectivity index is 1.63. The van der Waals surface area contributed by atoms with Crippen molar-refractivity contribution in [3.05, 3.63) is 48.4 Å². The maximum Gasteiger partial charge on any atom is 0.140 e. The predicted octanol–water partition coefficient (Wildman–Crippen LogP) is 3.11. The molecule has 5 nitrogen and oxygen atoms in total. The first kappa shape index (κ1) is 17.2. The van der Waals surface area contributed by atoms with E-state index in [4.69, 9.17) is 0 Å². The lowest BCUT2D eigenvalue weighted by Gasteiger charge is -2.32. The molecule has 2 aromatic heterocycles. The maximum atomic E-state index is 9.21. The SMILES string of the molecule is Cc1ccc(-c2nccn2C[C@@H]2CCCN(CCO)C2)c2cccnc12. The van der Waals surface area contributed by atoms with Gasteiger partial charge in [-0.25, -0.2) is 4.98 Å². The molecule has 1 aliphatic rings. The molecule has 1 atom stereocenters.